The summed E-state index contributed by atoms with van der Waals surface area (Å²) in [6.07, 6.45) is 10.1. The molecule has 2 aliphatic heterocycles. The lowest BCUT2D eigenvalue weighted by Gasteiger charge is -2.41. The van der Waals surface area contributed by atoms with Gasteiger partial charge >= 0.3 is 0 Å². The number of hydrogen-bond acceptors (Lipinski definition) is 5. The zero-order valence-electron chi connectivity index (χ0n) is 17.4. The van der Waals surface area contributed by atoms with Gasteiger partial charge in [0.25, 0.3) is 0 Å². The maximum atomic E-state index is 9.71. The van der Waals surface area contributed by atoms with Crippen LogP contribution in [0.25, 0.3) is 11.1 Å². The number of aromatic nitrogens is 3. The number of halogens is 1. The second-order valence-electron chi connectivity index (χ2n) is 8.98. The Morgan fingerprint density at radius 1 is 1.17 bits per heavy atom. The molecule has 0 radical (unpaired) electrons. The Balaban J connectivity index is 1.55. The highest BCUT2D eigenvalue weighted by molar-refractivity contribution is 6.29. The third-order valence-corrected chi connectivity index (χ3v) is 6.88. The Morgan fingerprint density at radius 2 is 1.90 bits per heavy atom. The minimum atomic E-state index is -0.0321. The van der Waals surface area contributed by atoms with Crippen LogP contribution in [0.4, 0.5) is 5.69 Å². The van der Waals surface area contributed by atoms with Crippen molar-refractivity contribution in [1.29, 1.82) is 0 Å². The van der Waals surface area contributed by atoms with Crippen LogP contribution >= 0.6 is 11.6 Å². The molecule has 29 heavy (non-hydrogen) atoms. The van der Waals surface area contributed by atoms with Crippen molar-refractivity contribution in [2.75, 3.05) is 37.8 Å². The number of aliphatic hydroxyl groups is 1. The molecule has 2 aliphatic rings. The average molecular weight is 419 g/mol. The number of ether oxygens (including phenoxy) is 1. The Hall–Kier alpha value is -1.63. The lowest BCUT2D eigenvalue weighted by atomic mass is 9.74. The van der Waals surface area contributed by atoms with Crippen LogP contribution in [0.1, 0.15) is 45.6 Å². The zero-order chi connectivity index (χ0) is 20.4. The molecule has 0 bridgehead atoms. The fourth-order valence-electron chi connectivity index (χ4n) is 4.56. The van der Waals surface area contributed by atoms with E-state index in [1.165, 1.54) is 0 Å². The Labute approximate surface area is 177 Å². The highest BCUT2D eigenvalue weighted by Gasteiger charge is 2.32. The van der Waals surface area contributed by atoms with E-state index in [-0.39, 0.29) is 12.0 Å². The van der Waals surface area contributed by atoms with Crippen molar-refractivity contribution in [3.63, 3.8) is 0 Å². The second kappa shape index (κ2) is 8.62. The summed E-state index contributed by atoms with van der Waals surface area (Å²) in [5.41, 5.74) is 3.24. The third-order valence-electron chi connectivity index (χ3n) is 6.67. The summed E-state index contributed by atoms with van der Waals surface area (Å²) in [5, 5.41) is 14.9. The van der Waals surface area contributed by atoms with Crippen LogP contribution in [0, 0.1) is 11.3 Å². The first-order chi connectivity index (χ1) is 14.0. The van der Waals surface area contributed by atoms with Gasteiger partial charge in [-0.1, -0.05) is 25.4 Å². The summed E-state index contributed by atoms with van der Waals surface area (Å²) >= 11 is 6.27. The molecular weight excluding hydrogens is 388 g/mol. The van der Waals surface area contributed by atoms with Gasteiger partial charge < -0.3 is 14.7 Å². The highest BCUT2D eigenvalue weighted by atomic mass is 35.5. The second-order valence-corrected chi connectivity index (χ2v) is 9.37. The van der Waals surface area contributed by atoms with E-state index < -0.39 is 0 Å². The van der Waals surface area contributed by atoms with Crippen LogP contribution in [0.5, 0.6) is 0 Å². The van der Waals surface area contributed by atoms with Gasteiger partial charge in [0.2, 0.25) is 0 Å². The summed E-state index contributed by atoms with van der Waals surface area (Å²) < 4.78 is 7.55. The number of pyridine rings is 1. The molecule has 0 aliphatic carbocycles. The summed E-state index contributed by atoms with van der Waals surface area (Å²) in [4.78, 5) is 6.75. The van der Waals surface area contributed by atoms with Gasteiger partial charge in [0.05, 0.1) is 12.2 Å². The molecule has 0 aromatic carbocycles. The number of aliphatic hydroxyl groups excluding tert-OH is 1. The van der Waals surface area contributed by atoms with Crippen molar-refractivity contribution < 1.29 is 9.84 Å². The maximum absolute atomic E-state index is 9.71. The Bertz CT molecular complexity index is 824. The monoisotopic (exact) mass is 418 g/mol. The number of rotatable bonds is 5. The number of nitrogens with zero attached hydrogens (tertiary/aromatic N) is 4. The number of anilines is 1. The molecule has 2 fully saturated rings. The summed E-state index contributed by atoms with van der Waals surface area (Å²) in [6, 6.07) is 2.37. The normalized spacial score (nSPS) is 19.7. The Kier molecular flexibility index (Phi) is 6.13. The van der Waals surface area contributed by atoms with Gasteiger partial charge in [0, 0.05) is 62.1 Å². The van der Waals surface area contributed by atoms with E-state index >= 15 is 0 Å². The zero-order valence-corrected chi connectivity index (χ0v) is 18.1. The van der Waals surface area contributed by atoms with Crippen LogP contribution in [0.15, 0.2) is 24.7 Å². The van der Waals surface area contributed by atoms with Crippen LogP contribution in [-0.4, -0.2) is 52.8 Å². The van der Waals surface area contributed by atoms with E-state index in [2.05, 4.69) is 39.7 Å². The van der Waals surface area contributed by atoms with Gasteiger partial charge in [-0.2, -0.15) is 5.10 Å². The Morgan fingerprint density at radius 3 is 2.59 bits per heavy atom. The molecule has 0 amide bonds. The molecule has 4 heterocycles. The van der Waals surface area contributed by atoms with Crippen molar-refractivity contribution in [2.24, 2.45) is 11.3 Å². The molecule has 0 saturated carbocycles. The van der Waals surface area contributed by atoms with E-state index in [0.717, 1.165) is 68.8 Å². The third kappa shape index (κ3) is 4.44. The largest absolute Gasteiger partial charge is 0.396 e. The van der Waals surface area contributed by atoms with E-state index in [0.29, 0.717) is 17.1 Å². The minimum absolute atomic E-state index is 0.0321. The highest BCUT2D eigenvalue weighted by Crippen LogP contribution is 2.39. The molecule has 1 N–H and O–H groups in total. The molecule has 2 saturated heterocycles. The van der Waals surface area contributed by atoms with Crippen LogP contribution < -0.4 is 4.90 Å². The van der Waals surface area contributed by atoms with Gasteiger partial charge in [-0.15, -0.1) is 0 Å². The first kappa shape index (κ1) is 20.6. The predicted molar refractivity (Wildman–Crippen MR) is 115 cm³/mol. The van der Waals surface area contributed by atoms with Crippen LogP contribution in [0.3, 0.4) is 0 Å². The lowest BCUT2D eigenvalue weighted by Crippen LogP contribution is -2.40. The van der Waals surface area contributed by atoms with E-state index in [1.807, 2.05) is 18.5 Å². The topological polar surface area (TPSA) is 63.4 Å². The van der Waals surface area contributed by atoms with Crippen molar-refractivity contribution in [1.82, 2.24) is 14.8 Å². The lowest BCUT2D eigenvalue weighted by molar-refractivity contribution is 0.0662. The number of piperidine rings is 1. The van der Waals surface area contributed by atoms with Crippen molar-refractivity contribution in [3.05, 3.63) is 29.8 Å². The molecule has 2 aromatic heterocycles. The van der Waals surface area contributed by atoms with Gasteiger partial charge in [0.15, 0.2) is 0 Å². The molecule has 0 atom stereocenters. The van der Waals surface area contributed by atoms with Gasteiger partial charge in [-0.3, -0.25) is 4.68 Å². The molecular formula is C22H31ClN4O2. The van der Waals surface area contributed by atoms with E-state index in [9.17, 15) is 5.11 Å². The van der Waals surface area contributed by atoms with Crippen LogP contribution in [-0.2, 0) is 4.74 Å². The number of hydrogen-bond donors (Lipinski definition) is 1. The molecule has 4 rings (SSSR count). The molecule has 158 valence electrons. The fraction of sp³-hybridized carbons (Fsp3) is 0.636. The van der Waals surface area contributed by atoms with Gasteiger partial charge in [0.1, 0.15) is 5.15 Å². The average Bonchev–Trinajstić information content (AvgIpc) is 3.24. The van der Waals surface area contributed by atoms with Gasteiger partial charge in [-0.05, 0) is 43.1 Å². The molecule has 2 aromatic rings. The van der Waals surface area contributed by atoms with Crippen molar-refractivity contribution in [3.8, 4) is 11.1 Å². The van der Waals surface area contributed by atoms with Crippen molar-refractivity contribution >= 4 is 17.3 Å². The molecule has 6 nitrogen and oxygen atoms in total. The van der Waals surface area contributed by atoms with Crippen molar-refractivity contribution in [2.45, 2.75) is 45.6 Å². The minimum Gasteiger partial charge on any atom is -0.396 e. The quantitative estimate of drug-likeness (QED) is 0.738. The maximum Gasteiger partial charge on any atom is 0.131 e. The summed E-state index contributed by atoms with van der Waals surface area (Å²) in [5.74, 6) is 0.528. The fourth-order valence-corrected chi connectivity index (χ4v) is 4.71. The van der Waals surface area contributed by atoms with Crippen LogP contribution in [0.2, 0.25) is 5.15 Å². The van der Waals surface area contributed by atoms with Gasteiger partial charge in [-0.25, -0.2) is 4.98 Å². The standard InChI is InChI=1S/C22H31ClN4O2/c1-22(2,15-28)17-3-7-26(8-4-17)20-11-21(23)24-13-19(20)16-12-25-27(14-16)18-5-9-29-10-6-18/h11-14,17-18,28H,3-10,15H2,1-2H3. The molecule has 0 spiro atoms. The molecule has 0 unspecified atom stereocenters. The van der Waals surface area contributed by atoms with E-state index in [1.54, 1.807) is 0 Å². The molecule has 7 heteroatoms. The first-order valence-electron chi connectivity index (χ1n) is 10.6. The summed E-state index contributed by atoms with van der Waals surface area (Å²) in [7, 11) is 0. The predicted octanol–water partition coefficient (Wildman–Crippen LogP) is 4.18. The smallest absolute Gasteiger partial charge is 0.131 e. The van der Waals surface area contributed by atoms with E-state index in [4.69, 9.17) is 16.3 Å². The first-order valence-corrected chi connectivity index (χ1v) is 11.0. The summed E-state index contributed by atoms with van der Waals surface area (Å²) in [6.45, 7) is 8.06. The SMILES string of the molecule is CC(C)(CO)C1CCN(c2cc(Cl)ncc2-c2cnn(C3CCOCC3)c2)CC1.